The molecule has 0 radical (unpaired) electrons. The second-order valence-corrected chi connectivity index (χ2v) is 3.79. The largest absolute Gasteiger partial charge is 0.392 e. The Morgan fingerprint density at radius 3 is 2.44 bits per heavy atom. The summed E-state index contributed by atoms with van der Waals surface area (Å²) in [6.07, 6.45) is 0. The third-order valence-corrected chi connectivity index (χ3v) is 2.48. The van der Waals surface area contributed by atoms with Crippen molar-refractivity contribution in [2.45, 2.75) is 6.61 Å². The van der Waals surface area contributed by atoms with Gasteiger partial charge in [0.2, 0.25) is 0 Å². The zero-order chi connectivity index (χ0) is 13.0. The van der Waals surface area contributed by atoms with Crippen molar-refractivity contribution in [3.05, 3.63) is 64.2 Å². The van der Waals surface area contributed by atoms with E-state index in [-0.39, 0.29) is 12.3 Å². The normalized spacial score (nSPS) is 10.1. The van der Waals surface area contributed by atoms with Gasteiger partial charge in [-0.3, -0.25) is 10.1 Å². The molecule has 5 nitrogen and oxygen atoms in total. The SMILES string of the molecule is O=[N+]([O-])c1ccc(Nc2cccc(CO)c2)cc1. The van der Waals surface area contributed by atoms with Crippen molar-refractivity contribution >= 4 is 17.1 Å². The number of hydrogen-bond donors (Lipinski definition) is 2. The number of nitrogens with zero attached hydrogens (tertiary/aromatic N) is 1. The van der Waals surface area contributed by atoms with Crippen LogP contribution in [0, 0.1) is 10.1 Å². The number of aliphatic hydroxyl groups excluding tert-OH is 1. The van der Waals surface area contributed by atoms with E-state index in [0.29, 0.717) is 0 Å². The van der Waals surface area contributed by atoms with E-state index in [0.717, 1.165) is 16.9 Å². The van der Waals surface area contributed by atoms with Gasteiger partial charge in [0.15, 0.2) is 0 Å². The van der Waals surface area contributed by atoms with Gasteiger partial charge in [0.1, 0.15) is 0 Å². The predicted octanol–water partition coefficient (Wildman–Crippen LogP) is 2.83. The van der Waals surface area contributed by atoms with Gasteiger partial charge in [-0.2, -0.15) is 0 Å². The fourth-order valence-corrected chi connectivity index (χ4v) is 1.58. The minimum Gasteiger partial charge on any atom is -0.392 e. The Hall–Kier alpha value is -2.40. The first kappa shape index (κ1) is 12.1. The maximum Gasteiger partial charge on any atom is 0.269 e. The van der Waals surface area contributed by atoms with Gasteiger partial charge in [-0.15, -0.1) is 0 Å². The molecule has 5 heteroatoms. The molecule has 92 valence electrons. The molecule has 0 unspecified atom stereocenters. The van der Waals surface area contributed by atoms with Crippen LogP contribution in [0.3, 0.4) is 0 Å². The van der Waals surface area contributed by atoms with E-state index < -0.39 is 4.92 Å². The summed E-state index contributed by atoms with van der Waals surface area (Å²) in [5.74, 6) is 0. The molecule has 0 aliphatic carbocycles. The number of benzene rings is 2. The molecule has 18 heavy (non-hydrogen) atoms. The molecule has 0 atom stereocenters. The Kier molecular flexibility index (Phi) is 3.54. The molecule has 2 N–H and O–H groups in total. The molecule has 0 bridgehead atoms. The summed E-state index contributed by atoms with van der Waals surface area (Å²) in [6.45, 7) is -0.0181. The molecule has 2 aromatic rings. The maximum absolute atomic E-state index is 10.5. The lowest BCUT2D eigenvalue weighted by atomic mass is 10.2. The highest BCUT2D eigenvalue weighted by molar-refractivity contribution is 5.61. The first-order valence-electron chi connectivity index (χ1n) is 5.40. The summed E-state index contributed by atoms with van der Waals surface area (Å²) in [6, 6.07) is 13.5. The molecule has 0 aromatic heterocycles. The van der Waals surface area contributed by atoms with Crippen LogP contribution in [-0.2, 0) is 6.61 Å². The third kappa shape index (κ3) is 2.83. The van der Waals surface area contributed by atoms with Crippen molar-refractivity contribution in [1.29, 1.82) is 0 Å². The highest BCUT2D eigenvalue weighted by Crippen LogP contribution is 2.20. The number of non-ortho nitro benzene ring substituents is 1. The number of nitrogens with one attached hydrogen (secondary N) is 1. The van der Waals surface area contributed by atoms with E-state index in [4.69, 9.17) is 5.11 Å². The first-order chi connectivity index (χ1) is 8.69. The Bertz CT molecular complexity index is 552. The number of nitro groups is 1. The van der Waals surface area contributed by atoms with Crippen molar-refractivity contribution in [1.82, 2.24) is 0 Å². The van der Waals surface area contributed by atoms with Crippen molar-refractivity contribution in [3.8, 4) is 0 Å². The third-order valence-electron chi connectivity index (χ3n) is 2.48. The van der Waals surface area contributed by atoms with Crippen LogP contribution < -0.4 is 5.32 Å². The summed E-state index contributed by atoms with van der Waals surface area (Å²) in [7, 11) is 0. The summed E-state index contributed by atoms with van der Waals surface area (Å²) < 4.78 is 0. The minimum absolute atomic E-state index is 0.0181. The number of anilines is 2. The van der Waals surface area contributed by atoms with Gasteiger partial charge in [-0.25, -0.2) is 0 Å². The van der Waals surface area contributed by atoms with Crippen LogP contribution in [0.1, 0.15) is 5.56 Å². The zero-order valence-corrected chi connectivity index (χ0v) is 9.54. The molecule has 0 amide bonds. The van der Waals surface area contributed by atoms with Crippen molar-refractivity contribution in [3.63, 3.8) is 0 Å². The summed E-state index contributed by atoms with van der Waals surface area (Å²) in [4.78, 5) is 10.1. The topological polar surface area (TPSA) is 75.4 Å². The Morgan fingerprint density at radius 2 is 1.83 bits per heavy atom. The molecule has 0 saturated carbocycles. The van der Waals surface area contributed by atoms with Gasteiger partial charge in [0.25, 0.3) is 5.69 Å². The smallest absolute Gasteiger partial charge is 0.269 e. The lowest BCUT2D eigenvalue weighted by Crippen LogP contribution is -1.93. The molecule has 0 saturated heterocycles. The monoisotopic (exact) mass is 244 g/mol. The summed E-state index contributed by atoms with van der Waals surface area (Å²) in [5.41, 5.74) is 2.46. The lowest BCUT2D eigenvalue weighted by Gasteiger charge is -2.07. The average molecular weight is 244 g/mol. The molecule has 0 heterocycles. The van der Waals surface area contributed by atoms with Crippen LogP contribution in [0.15, 0.2) is 48.5 Å². The van der Waals surface area contributed by atoms with Crippen molar-refractivity contribution in [2.75, 3.05) is 5.32 Å². The van der Waals surface area contributed by atoms with Crippen LogP contribution in [0.4, 0.5) is 17.1 Å². The molecule has 0 aliphatic rings. The van der Waals surface area contributed by atoms with Gasteiger partial charge in [0, 0.05) is 23.5 Å². The average Bonchev–Trinajstić information content (AvgIpc) is 2.39. The van der Waals surface area contributed by atoms with Gasteiger partial charge in [-0.1, -0.05) is 12.1 Å². The predicted molar refractivity (Wildman–Crippen MR) is 68.7 cm³/mol. The zero-order valence-electron chi connectivity index (χ0n) is 9.54. The number of nitro benzene ring substituents is 1. The molecule has 0 fully saturated rings. The quantitative estimate of drug-likeness (QED) is 0.640. The highest BCUT2D eigenvalue weighted by atomic mass is 16.6. The Balaban J connectivity index is 2.15. The van der Waals surface area contributed by atoms with E-state index in [1.54, 1.807) is 12.1 Å². The summed E-state index contributed by atoms with van der Waals surface area (Å²) >= 11 is 0. The van der Waals surface area contributed by atoms with E-state index in [1.165, 1.54) is 12.1 Å². The van der Waals surface area contributed by atoms with Gasteiger partial charge in [-0.05, 0) is 29.8 Å². The second-order valence-electron chi connectivity index (χ2n) is 3.79. The van der Waals surface area contributed by atoms with Crippen LogP contribution in [-0.4, -0.2) is 10.0 Å². The standard InChI is InChI=1S/C13H12N2O3/c16-9-10-2-1-3-12(8-10)14-11-4-6-13(7-5-11)15(17)18/h1-8,14,16H,9H2. The summed E-state index contributed by atoms with van der Waals surface area (Å²) in [5, 5.41) is 22.6. The Morgan fingerprint density at radius 1 is 1.11 bits per heavy atom. The van der Waals surface area contributed by atoms with Crippen LogP contribution in [0.5, 0.6) is 0 Å². The van der Waals surface area contributed by atoms with Crippen molar-refractivity contribution < 1.29 is 10.0 Å². The number of hydrogen-bond acceptors (Lipinski definition) is 4. The molecule has 0 spiro atoms. The van der Waals surface area contributed by atoms with Crippen LogP contribution in [0.25, 0.3) is 0 Å². The number of aliphatic hydroxyl groups is 1. The molecular formula is C13H12N2O3. The first-order valence-corrected chi connectivity index (χ1v) is 5.40. The molecule has 2 aromatic carbocycles. The van der Waals surface area contributed by atoms with Crippen LogP contribution >= 0.6 is 0 Å². The van der Waals surface area contributed by atoms with E-state index >= 15 is 0 Å². The molecular weight excluding hydrogens is 232 g/mol. The van der Waals surface area contributed by atoms with Crippen LogP contribution in [0.2, 0.25) is 0 Å². The Labute approximate surface area is 104 Å². The van der Waals surface area contributed by atoms with E-state index in [9.17, 15) is 10.1 Å². The van der Waals surface area contributed by atoms with E-state index in [1.807, 2.05) is 24.3 Å². The maximum atomic E-state index is 10.5. The van der Waals surface area contributed by atoms with E-state index in [2.05, 4.69) is 5.32 Å². The van der Waals surface area contributed by atoms with Gasteiger partial charge in [0.05, 0.1) is 11.5 Å². The van der Waals surface area contributed by atoms with Gasteiger partial charge >= 0.3 is 0 Å². The molecule has 2 rings (SSSR count). The highest BCUT2D eigenvalue weighted by Gasteiger charge is 2.03. The second kappa shape index (κ2) is 5.29. The van der Waals surface area contributed by atoms with Gasteiger partial charge < -0.3 is 10.4 Å². The lowest BCUT2D eigenvalue weighted by molar-refractivity contribution is -0.384. The van der Waals surface area contributed by atoms with Crippen molar-refractivity contribution in [2.24, 2.45) is 0 Å². The molecule has 0 aliphatic heterocycles. The number of rotatable bonds is 4. The fourth-order valence-electron chi connectivity index (χ4n) is 1.58. The fraction of sp³-hybridized carbons (Fsp3) is 0.0769. The minimum atomic E-state index is -0.434.